The molecule has 8 aromatic rings. The van der Waals surface area contributed by atoms with Crippen LogP contribution in [-0.4, -0.2) is 77.6 Å². The Morgan fingerprint density at radius 3 is 1.57 bits per heavy atom. The summed E-state index contributed by atoms with van der Waals surface area (Å²) in [6.45, 7) is 0.0931. The lowest BCUT2D eigenvalue weighted by atomic mass is 9.66. The number of unbranched alkanes of at least 4 members (excludes halogenated alkanes) is 1. The molecule has 68 heavy (non-hydrogen) atoms. The molecule has 348 valence electrons. The average Bonchev–Trinajstić information content (AvgIpc) is 4.02. The first-order valence-electron chi connectivity index (χ1n) is 22.9. The second-order valence-electron chi connectivity index (χ2n) is 16.8. The molecule has 0 aliphatic carbocycles. The van der Waals surface area contributed by atoms with Gasteiger partial charge < -0.3 is 33.5 Å². The van der Waals surface area contributed by atoms with E-state index in [1.807, 2.05) is 95.6 Å². The standard InChI is InChI=1S/C56H56N4O7S/c1-62-45-25-17-40(18-26-45)55(39-13-7-5-8-14-39,41-19-27-46(63-2)28-20-41)33-11-12-34-68-54-52-53(57-37-58-54)60(38-59-52)51-35-49(61)50(67-51)36-66-56(42-15-9-6-10-16-42,43-21-29-47(64-3)30-22-43)44-23-31-48(65-4)32-24-44/h5-10,13-32,37-38,49-51,61H,11-12,33-36H2,1-4H3/t49-,50+,51+/m0/s1. The molecule has 0 saturated carbocycles. The molecule has 1 fully saturated rings. The lowest BCUT2D eigenvalue weighted by Gasteiger charge is -2.37. The molecular weight excluding hydrogens is 873 g/mol. The molecular formula is C56H56N4O7S. The van der Waals surface area contributed by atoms with Gasteiger partial charge in [0.1, 0.15) is 57.8 Å². The topological polar surface area (TPSA) is 119 Å². The summed E-state index contributed by atoms with van der Waals surface area (Å²) in [6.07, 6.45) is 4.44. The number of nitrogens with zero attached hydrogens (tertiary/aromatic N) is 4. The van der Waals surface area contributed by atoms with Crippen molar-refractivity contribution in [3.05, 3.63) is 204 Å². The van der Waals surface area contributed by atoms with Gasteiger partial charge in [0.25, 0.3) is 0 Å². The van der Waals surface area contributed by atoms with Crippen LogP contribution in [0.15, 0.2) is 175 Å². The van der Waals surface area contributed by atoms with Crippen molar-refractivity contribution >= 4 is 22.9 Å². The first-order chi connectivity index (χ1) is 33.4. The Bertz CT molecular complexity index is 2750. The Balaban J connectivity index is 0.916. The van der Waals surface area contributed by atoms with E-state index in [0.717, 1.165) is 69.7 Å². The fourth-order valence-electron chi connectivity index (χ4n) is 9.53. The fraction of sp³-hybridized carbons (Fsp3) is 0.268. The van der Waals surface area contributed by atoms with E-state index in [1.54, 1.807) is 52.9 Å². The predicted octanol–water partition coefficient (Wildman–Crippen LogP) is 10.8. The Morgan fingerprint density at radius 1 is 0.588 bits per heavy atom. The van der Waals surface area contributed by atoms with Crippen LogP contribution in [0.2, 0.25) is 0 Å². The zero-order valence-corrected chi connectivity index (χ0v) is 39.6. The lowest BCUT2D eigenvalue weighted by Crippen LogP contribution is -2.38. The molecule has 0 unspecified atom stereocenters. The summed E-state index contributed by atoms with van der Waals surface area (Å²) < 4.78 is 37.8. The van der Waals surface area contributed by atoms with E-state index < -0.39 is 29.5 Å². The monoisotopic (exact) mass is 928 g/mol. The first-order valence-corrected chi connectivity index (χ1v) is 23.9. The van der Waals surface area contributed by atoms with Gasteiger partial charge >= 0.3 is 0 Å². The van der Waals surface area contributed by atoms with Gasteiger partial charge in [-0.05, 0) is 101 Å². The second-order valence-corrected chi connectivity index (χ2v) is 17.9. The molecule has 1 saturated heterocycles. The Hall–Kier alpha value is -6.70. The van der Waals surface area contributed by atoms with Crippen LogP contribution in [0.3, 0.4) is 0 Å². The van der Waals surface area contributed by atoms with Crippen molar-refractivity contribution in [3.63, 3.8) is 0 Å². The van der Waals surface area contributed by atoms with E-state index in [1.165, 1.54) is 16.7 Å². The highest BCUT2D eigenvalue weighted by atomic mass is 32.2. The molecule has 3 heterocycles. The molecule has 2 aromatic heterocycles. The van der Waals surface area contributed by atoms with Crippen LogP contribution < -0.4 is 18.9 Å². The summed E-state index contributed by atoms with van der Waals surface area (Å²) in [5.74, 6) is 3.94. The van der Waals surface area contributed by atoms with E-state index in [9.17, 15) is 5.11 Å². The molecule has 12 heteroatoms. The number of ether oxygens (including phenoxy) is 6. The molecule has 1 aliphatic rings. The third-order valence-corrected chi connectivity index (χ3v) is 14.2. The van der Waals surface area contributed by atoms with Crippen LogP contribution in [-0.2, 0) is 20.5 Å². The van der Waals surface area contributed by atoms with Crippen LogP contribution in [0.1, 0.15) is 65.3 Å². The van der Waals surface area contributed by atoms with Crippen LogP contribution in [0.5, 0.6) is 23.0 Å². The molecule has 6 aromatic carbocycles. The minimum atomic E-state index is -1.06. The van der Waals surface area contributed by atoms with E-state index >= 15 is 0 Å². The highest BCUT2D eigenvalue weighted by Crippen LogP contribution is 2.46. The minimum absolute atomic E-state index is 0.0931. The van der Waals surface area contributed by atoms with Crippen molar-refractivity contribution in [2.75, 3.05) is 40.8 Å². The molecule has 1 aliphatic heterocycles. The third kappa shape index (κ3) is 9.29. The zero-order valence-electron chi connectivity index (χ0n) is 38.7. The van der Waals surface area contributed by atoms with Crippen LogP contribution in [0.25, 0.3) is 11.2 Å². The highest BCUT2D eigenvalue weighted by Gasteiger charge is 2.42. The van der Waals surface area contributed by atoms with Gasteiger partial charge in [0.05, 0.1) is 47.5 Å². The van der Waals surface area contributed by atoms with Gasteiger partial charge in [0, 0.05) is 11.8 Å². The molecule has 1 N–H and O–H groups in total. The van der Waals surface area contributed by atoms with Gasteiger partial charge in [-0.15, -0.1) is 11.8 Å². The number of imidazole rings is 1. The summed E-state index contributed by atoms with van der Waals surface area (Å²) in [5.41, 5.74) is 6.22. The fourth-order valence-corrected chi connectivity index (χ4v) is 10.5. The Kier molecular flexibility index (Phi) is 14.4. The van der Waals surface area contributed by atoms with Crippen molar-refractivity contribution in [2.24, 2.45) is 0 Å². The van der Waals surface area contributed by atoms with E-state index in [2.05, 4.69) is 76.7 Å². The molecule has 0 spiro atoms. The SMILES string of the molecule is COc1ccc(C(CCCCSc2ncnc3c2ncn3[C@H]2C[C@H](O)[C@@H](COC(c3ccccc3)(c3ccc(OC)cc3)c3ccc(OC)cc3)O2)(c2ccccc2)c2ccc(OC)cc2)cc1. The predicted molar refractivity (Wildman–Crippen MR) is 265 cm³/mol. The number of rotatable bonds is 20. The number of fused-ring (bicyclic) bond motifs is 1. The number of hydrogen-bond acceptors (Lipinski definition) is 11. The minimum Gasteiger partial charge on any atom is -0.497 e. The Labute approximate surface area is 402 Å². The van der Waals surface area contributed by atoms with Gasteiger partial charge in [0.15, 0.2) is 5.65 Å². The molecule has 11 nitrogen and oxygen atoms in total. The highest BCUT2D eigenvalue weighted by molar-refractivity contribution is 7.99. The molecule has 9 rings (SSSR count). The van der Waals surface area contributed by atoms with Crippen molar-refractivity contribution in [2.45, 2.75) is 60.2 Å². The number of thioether (sulfide) groups is 1. The average molecular weight is 929 g/mol. The number of methoxy groups -OCH3 is 4. The van der Waals surface area contributed by atoms with Crippen molar-refractivity contribution in [1.29, 1.82) is 0 Å². The maximum absolute atomic E-state index is 11.6. The van der Waals surface area contributed by atoms with Gasteiger partial charge in [0.2, 0.25) is 0 Å². The van der Waals surface area contributed by atoms with Crippen LogP contribution in [0, 0.1) is 0 Å². The van der Waals surface area contributed by atoms with Gasteiger partial charge in [-0.1, -0.05) is 116 Å². The van der Waals surface area contributed by atoms with Crippen LogP contribution >= 0.6 is 11.8 Å². The smallest absolute Gasteiger partial charge is 0.166 e. The lowest BCUT2D eigenvalue weighted by molar-refractivity contribution is -0.0931. The quantitative estimate of drug-likeness (QED) is 0.0340. The maximum atomic E-state index is 11.6. The summed E-state index contributed by atoms with van der Waals surface area (Å²) >= 11 is 1.68. The normalized spacial score (nSPS) is 16.2. The summed E-state index contributed by atoms with van der Waals surface area (Å²) in [6, 6.07) is 53.5. The molecule has 3 atom stereocenters. The maximum Gasteiger partial charge on any atom is 0.166 e. The molecule has 0 bridgehead atoms. The first kappa shape index (κ1) is 46.4. The van der Waals surface area contributed by atoms with Crippen molar-refractivity contribution in [1.82, 2.24) is 19.5 Å². The molecule has 0 radical (unpaired) electrons. The van der Waals surface area contributed by atoms with Gasteiger partial charge in [-0.25, -0.2) is 15.0 Å². The van der Waals surface area contributed by atoms with E-state index in [-0.39, 0.29) is 6.61 Å². The van der Waals surface area contributed by atoms with E-state index in [0.29, 0.717) is 17.6 Å². The van der Waals surface area contributed by atoms with Crippen molar-refractivity contribution in [3.8, 4) is 23.0 Å². The summed E-state index contributed by atoms with van der Waals surface area (Å²) in [4.78, 5) is 14.2. The van der Waals surface area contributed by atoms with Crippen molar-refractivity contribution < 1.29 is 33.5 Å². The number of benzene rings is 6. The summed E-state index contributed by atoms with van der Waals surface area (Å²) in [5, 5.41) is 12.4. The zero-order chi connectivity index (χ0) is 46.9. The number of hydrogen-bond donors (Lipinski definition) is 1. The van der Waals surface area contributed by atoms with Gasteiger partial charge in [-0.2, -0.15) is 0 Å². The molecule has 0 amide bonds. The van der Waals surface area contributed by atoms with Gasteiger partial charge in [-0.3, -0.25) is 4.57 Å². The number of aromatic nitrogens is 4. The number of aliphatic hydroxyl groups is 1. The van der Waals surface area contributed by atoms with Crippen LogP contribution in [0.4, 0.5) is 0 Å². The summed E-state index contributed by atoms with van der Waals surface area (Å²) in [7, 11) is 6.69. The third-order valence-electron chi connectivity index (χ3n) is 13.1. The largest absolute Gasteiger partial charge is 0.497 e. The number of aliphatic hydroxyl groups excluding tert-OH is 1. The Morgan fingerprint density at radius 2 is 1.06 bits per heavy atom. The van der Waals surface area contributed by atoms with E-state index in [4.69, 9.17) is 33.4 Å². The second kappa shape index (κ2) is 21.1.